The molecule has 0 aliphatic carbocycles. The average Bonchev–Trinajstić information content (AvgIpc) is 2.97. The van der Waals surface area contributed by atoms with Crippen molar-refractivity contribution in [1.29, 1.82) is 0 Å². The number of amides is 2. The molecule has 2 amide bonds. The van der Waals surface area contributed by atoms with Gasteiger partial charge in [0.15, 0.2) is 0 Å². The van der Waals surface area contributed by atoms with Crippen molar-refractivity contribution in [2.45, 2.75) is 47.2 Å². The molecule has 0 saturated carbocycles. The smallest absolute Gasteiger partial charge is 0.224 e. The molecule has 7 nitrogen and oxygen atoms in total. The SMILES string of the molecule is CCn1c(CN2CCN(C(C)=O)CC2)nc2cc(NC(=O)CC(C)C)ccc21. The molecule has 0 bridgehead atoms. The van der Waals surface area contributed by atoms with Crippen molar-refractivity contribution in [3.63, 3.8) is 0 Å². The fraction of sp³-hybridized carbons (Fsp3) is 0.571. The number of aryl methyl sites for hydroxylation is 1. The molecule has 0 atom stereocenters. The summed E-state index contributed by atoms with van der Waals surface area (Å²) in [6, 6.07) is 5.94. The first-order chi connectivity index (χ1) is 13.4. The van der Waals surface area contributed by atoms with Crippen molar-refractivity contribution >= 4 is 28.5 Å². The maximum Gasteiger partial charge on any atom is 0.224 e. The predicted molar refractivity (Wildman–Crippen MR) is 111 cm³/mol. The quantitative estimate of drug-likeness (QED) is 0.830. The number of nitrogens with one attached hydrogen (secondary N) is 1. The molecule has 152 valence electrons. The molecule has 1 fully saturated rings. The summed E-state index contributed by atoms with van der Waals surface area (Å²) in [7, 11) is 0. The highest BCUT2D eigenvalue weighted by atomic mass is 16.2. The number of carbonyl (C=O) groups excluding carboxylic acids is 2. The van der Waals surface area contributed by atoms with E-state index in [0.717, 1.165) is 61.8 Å². The van der Waals surface area contributed by atoms with Crippen molar-refractivity contribution < 1.29 is 9.59 Å². The first-order valence-electron chi connectivity index (χ1n) is 10.1. The Bertz CT molecular complexity index is 850. The summed E-state index contributed by atoms with van der Waals surface area (Å²) in [5.41, 5.74) is 2.78. The lowest BCUT2D eigenvalue weighted by Gasteiger charge is -2.33. The van der Waals surface area contributed by atoms with Gasteiger partial charge in [-0.15, -0.1) is 0 Å². The molecular weight excluding hydrogens is 354 g/mol. The van der Waals surface area contributed by atoms with Gasteiger partial charge in [0.2, 0.25) is 11.8 Å². The summed E-state index contributed by atoms with van der Waals surface area (Å²) in [5, 5.41) is 2.97. The van der Waals surface area contributed by atoms with Crippen LogP contribution in [0, 0.1) is 5.92 Å². The molecule has 7 heteroatoms. The van der Waals surface area contributed by atoms with Gasteiger partial charge in [-0.05, 0) is 31.0 Å². The molecule has 2 heterocycles. The Labute approximate surface area is 166 Å². The first kappa shape index (κ1) is 20.3. The molecular formula is C21H31N5O2. The molecule has 2 aromatic rings. The first-order valence-corrected chi connectivity index (χ1v) is 10.1. The Morgan fingerprint density at radius 1 is 1.18 bits per heavy atom. The minimum Gasteiger partial charge on any atom is -0.340 e. The molecule has 1 aliphatic rings. The van der Waals surface area contributed by atoms with Crippen LogP contribution in [0.3, 0.4) is 0 Å². The van der Waals surface area contributed by atoms with E-state index in [1.165, 1.54) is 0 Å². The number of aromatic nitrogens is 2. The van der Waals surface area contributed by atoms with Gasteiger partial charge in [-0.3, -0.25) is 14.5 Å². The standard InChI is InChI=1S/C21H31N5O2/c1-5-26-19-7-6-17(22-21(28)12-15(2)3)13-18(19)23-20(26)14-24-8-10-25(11-9-24)16(4)27/h6-7,13,15H,5,8-12,14H2,1-4H3,(H,22,28). The number of fused-ring (bicyclic) bond motifs is 1. The maximum atomic E-state index is 12.1. The third-order valence-corrected chi connectivity index (χ3v) is 5.20. The minimum absolute atomic E-state index is 0.0350. The number of hydrogen-bond acceptors (Lipinski definition) is 4. The van der Waals surface area contributed by atoms with E-state index in [9.17, 15) is 9.59 Å². The number of benzene rings is 1. The average molecular weight is 386 g/mol. The van der Waals surface area contributed by atoms with Crippen LogP contribution in [0.4, 0.5) is 5.69 Å². The summed E-state index contributed by atoms with van der Waals surface area (Å²) in [6.45, 7) is 12.7. The van der Waals surface area contributed by atoms with Gasteiger partial charge in [-0.1, -0.05) is 13.8 Å². The third-order valence-electron chi connectivity index (χ3n) is 5.20. The van der Waals surface area contributed by atoms with E-state index in [1.54, 1.807) is 6.92 Å². The lowest BCUT2D eigenvalue weighted by Crippen LogP contribution is -2.47. The molecule has 1 N–H and O–H groups in total. The summed E-state index contributed by atoms with van der Waals surface area (Å²) >= 11 is 0. The topological polar surface area (TPSA) is 70.5 Å². The van der Waals surface area contributed by atoms with Crippen LogP contribution in [-0.2, 0) is 22.7 Å². The summed E-state index contributed by atoms with van der Waals surface area (Å²) in [5.74, 6) is 1.54. The van der Waals surface area contributed by atoms with Gasteiger partial charge in [-0.2, -0.15) is 0 Å². The van der Waals surface area contributed by atoms with E-state index >= 15 is 0 Å². The molecule has 28 heavy (non-hydrogen) atoms. The number of imidazole rings is 1. The molecule has 1 aromatic heterocycles. The second-order valence-electron chi connectivity index (χ2n) is 7.90. The zero-order valence-electron chi connectivity index (χ0n) is 17.4. The largest absolute Gasteiger partial charge is 0.340 e. The van der Waals surface area contributed by atoms with Crippen molar-refractivity contribution in [3.05, 3.63) is 24.0 Å². The van der Waals surface area contributed by atoms with Crippen LogP contribution in [0.5, 0.6) is 0 Å². The second-order valence-corrected chi connectivity index (χ2v) is 7.90. The highest BCUT2D eigenvalue weighted by Crippen LogP contribution is 2.22. The fourth-order valence-corrected chi connectivity index (χ4v) is 3.73. The Hall–Kier alpha value is -2.41. The number of anilines is 1. The highest BCUT2D eigenvalue weighted by molar-refractivity contribution is 5.93. The van der Waals surface area contributed by atoms with Crippen molar-refractivity contribution in [2.75, 3.05) is 31.5 Å². The van der Waals surface area contributed by atoms with Crippen LogP contribution in [0.25, 0.3) is 11.0 Å². The Morgan fingerprint density at radius 3 is 2.50 bits per heavy atom. The van der Waals surface area contributed by atoms with Crippen molar-refractivity contribution in [1.82, 2.24) is 19.4 Å². The van der Waals surface area contributed by atoms with Crippen molar-refractivity contribution in [3.8, 4) is 0 Å². The zero-order chi connectivity index (χ0) is 20.3. The summed E-state index contributed by atoms with van der Waals surface area (Å²) in [4.78, 5) is 32.7. The van der Waals surface area contributed by atoms with Crippen molar-refractivity contribution in [2.24, 2.45) is 5.92 Å². The molecule has 1 aromatic carbocycles. The molecule has 1 aliphatic heterocycles. The number of nitrogens with zero attached hydrogens (tertiary/aromatic N) is 4. The van der Waals surface area contributed by atoms with E-state index < -0.39 is 0 Å². The Kier molecular flexibility index (Phi) is 6.34. The van der Waals surface area contributed by atoms with Gasteiger partial charge in [0.05, 0.1) is 17.6 Å². The normalized spacial score (nSPS) is 15.4. The number of carbonyl (C=O) groups is 2. The summed E-state index contributed by atoms with van der Waals surface area (Å²) in [6.07, 6.45) is 0.513. The van der Waals surface area contributed by atoms with Crippen LogP contribution in [0.2, 0.25) is 0 Å². The second kappa shape index (κ2) is 8.73. The number of hydrogen-bond donors (Lipinski definition) is 1. The van der Waals surface area contributed by atoms with Crippen LogP contribution in [0.1, 0.15) is 39.9 Å². The molecule has 0 spiro atoms. The van der Waals surface area contributed by atoms with Gasteiger partial charge in [0.1, 0.15) is 5.82 Å². The third kappa shape index (κ3) is 4.70. The predicted octanol–water partition coefficient (Wildman–Crippen LogP) is 2.70. The van der Waals surface area contributed by atoms with E-state index in [-0.39, 0.29) is 11.8 Å². The van der Waals surface area contributed by atoms with Gasteiger partial charge in [0, 0.05) is 51.8 Å². The van der Waals surface area contributed by atoms with Crippen LogP contribution in [-0.4, -0.2) is 57.3 Å². The van der Waals surface area contributed by atoms with E-state index in [0.29, 0.717) is 12.3 Å². The molecule has 3 rings (SSSR count). The maximum absolute atomic E-state index is 12.1. The highest BCUT2D eigenvalue weighted by Gasteiger charge is 2.21. The Morgan fingerprint density at radius 2 is 1.89 bits per heavy atom. The molecule has 1 saturated heterocycles. The Balaban J connectivity index is 1.74. The van der Waals surface area contributed by atoms with Crippen LogP contribution >= 0.6 is 0 Å². The van der Waals surface area contributed by atoms with E-state index in [1.807, 2.05) is 36.9 Å². The van der Waals surface area contributed by atoms with Gasteiger partial charge in [0.25, 0.3) is 0 Å². The molecule has 0 radical (unpaired) electrons. The van der Waals surface area contributed by atoms with Gasteiger partial charge < -0.3 is 14.8 Å². The van der Waals surface area contributed by atoms with Gasteiger partial charge in [-0.25, -0.2) is 4.98 Å². The lowest BCUT2D eigenvalue weighted by atomic mass is 10.1. The fourth-order valence-electron chi connectivity index (χ4n) is 3.73. The monoisotopic (exact) mass is 385 g/mol. The van der Waals surface area contributed by atoms with E-state index in [4.69, 9.17) is 4.98 Å². The minimum atomic E-state index is 0.0350. The zero-order valence-corrected chi connectivity index (χ0v) is 17.4. The number of rotatable bonds is 6. The van der Waals surface area contributed by atoms with Gasteiger partial charge >= 0.3 is 0 Å². The molecule has 0 unspecified atom stereocenters. The van der Waals surface area contributed by atoms with Crippen LogP contribution < -0.4 is 5.32 Å². The van der Waals surface area contributed by atoms with E-state index in [2.05, 4.69) is 21.7 Å². The number of piperazine rings is 1. The lowest BCUT2D eigenvalue weighted by molar-refractivity contribution is -0.130. The van der Waals surface area contributed by atoms with Crippen LogP contribution in [0.15, 0.2) is 18.2 Å². The summed E-state index contributed by atoms with van der Waals surface area (Å²) < 4.78 is 2.23.